The van der Waals surface area contributed by atoms with E-state index in [1.807, 2.05) is 37.4 Å². The normalized spacial score (nSPS) is 17.3. The van der Waals surface area contributed by atoms with E-state index in [1.165, 1.54) is 4.88 Å². The maximum absolute atomic E-state index is 12.6. The van der Waals surface area contributed by atoms with Gasteiger partial charge in [-0.15, -0.1) is 11.3 Å². The Bertz CT molecular complexity index is 820. The number of fused-ring (bicyclic) bond motifs is 1. The highest BCUT2D eigenvalue weighted by atomic mass is 32.1. The summed E-state index contributed by atoms with van der Waals surface area (Å²) >= 11 is 1.62. The van der Waals surface area contributed by atoms with Crippen LogP contribution in [0, 0.1) is 19.8 Å². The van der Waals surface area contributed by atoms with Gasteiger partial charge in [-0.2, -0.15) is 0 Å². The Hall–Kier alpha value is -2.14. The van der Waals surface area contributed by atoms with Crippen LogP contribution in [0.15, 0.2) is 23.6 Å². The summed E-state index contributed by atoms with van der Waals surface area (Å²) in [5.74, 6) is -0.0539. The minimum Gasteiger partial charge on any atom is -0.449 e. The fourth-order valence-corrected chi connectivity index (χ4v) is 4.60. The molecule has 5 heteroatoms. The second-order valence-corrected chi connectivity index (χ2v) is 8.17. The number of rotatable bonds is 4. The fourth-order valence-electron chi connectivity index (χ4n) is 3.36. The monoisotopic (exact) mass is 371 g/mol. The van der Waals surface area contributed by atoms with Gasteiger partial charge in [0.15, 0.2) is 6.10 Å². The van der Waals surface area contributed by atoms with Gasteiger partial charge in [0.05, 0.1) is 5.56 Å². The highest BCUT2D eigenvalue weighted by Crippen LogP contribution is 2.33. The summed E-state index contributed by atoms with van der Waals surface area (Å²) in [6.07, 6.45) is 2.18. The zero-order chi connectivity index (χ0) is 18.8. The van der Waals surface area contributed by atoms with Crippen LogP contribution in [-0.2, 0) is 22.4 Å². The van der Waals surface area contributed by atoms with E-state index in [1.54, 1.807) is 18.3 Å². The maximum Gasteiger partial charge on any atom is 0.340 e. The van der Waals surface area contributed by atoms with Crippen molar-refractivity contribution in [3.8, 4) is 0 Å². The van der Waals surface area contributed by atoms with E-state index in [0.29, 0.717) is 11.5 Å². The number of carbonyl (C=O) groups excluding carboxylic acids is 2. The predicted molar refractivity (Wildman–Crippen MR) is 105 cm³/mol. The van der Waals surface area contributed by atoms with Crippen LogP contribution in [0.4, 0.5) is 5.69 Å². The molecular formula is C21H25NO3S. The number of esters is 1. The number of para-hydroxylation sites is 1. The van der Waals surface area contributed by atoms with Crippen molar-refractivity contribution < 1.29 is 14.3 Å². The molecule has 0 saturated heterocycles. The number of benzene rings is 1. The molecule has 26 heavy (non-hydrogen) atoms. The van der Waals surface area contributed by atoms with Gasteiger partial charge < -0.3 is 10.1 Å². The second kappa shape index (κ2) is 7.62. The summed E-state index contributed by atoms with van der Waals surface area (Å²) in [4.78, 5) is 26.3. The minimum absolute atomic E-state index is 0.312. The molecule has 1 aliphatic carbocycles. The number of amides is 1. The van der Waals surface area contributed by atoms with Crippen LogP contribution in [-0.4, -0.2) is 18.0 Å². The minimum atomic E-state index is -0.848. The summed E-state index contributed by atoms with van der Waals surface area (Å²) in [7, 11) is 0. The molecule has 2 unspecified atom stereocenters. The molecule has 1 heterocycles. The SMILES string of the molecule is Cc1cccc(C)c1NC(=O)C(C)OC(=O)c1csc2c1CCC(C)C2. The smallest absolute Gasteiger partial charge is 0.340 e. The van der Waals surface area contributed by atoms with E-state index in [0.717, 1.165) is 41.6 Å². The van der Waals surface area contributed by atoms with Crippen LogP contribution in [0.1, 0.15) is 52.2 Å². The average Bonchev–Trinajstić information content (AvgIpc) is 3.01. The molecular weight excluding hydrogens is 346 g/mol. The third kappa shape index (κ3) is 3.83. The zero-order valence-electron chi connectivity index (χ0n) is 15.7. The highest BCUT2D eigenvalue weighted by molar-refractivity contribution is 7.10. The second-order valence-electron chi connectivity index (χ2n) is 7.20. The topological polar surface area (TPSA) is 55.4 Å². The number of hydrogen-bond acceptors (Lipinski definition) is 4. The highest BCUT2D eigenvalue weighted by Gasteiger charge is 2.26. The standard InChI is InChI=1S/C21H25NO3S/c1-12-8-9-16-17(11-26-18(16)10-12)21(24)25-15(4)20(23)22-19-13(2)6-5-7-14(19)3/h5-7,11-12,15H,8-10H2,1-4H3,(H,22,23). The molecule has 0 bridgehead atoms. The first-order valence-electron chi connectivity index (χ1n) is 9.04. The van der Waals surface area contributed by atoms with Crippen molar-refractivity contribution in [1.82, 2.24) is 0 Å². The number of thiophene rings is 1. The van der Waals surface area contributed by atoms with Crippen molar-refractivity contribution in [2.24, 2.45) is 5.92 Å². The molecule has 0 spiro atoms. The zero-order valence-corrected chi connectivity index (χ0v) is 16.5. The van der Waals surface area contributed by atoms with Crippen LogP contribution in [0.25, 0.3) is 0 Å². The summed E-state index contributed by atoms with van der Waals surface area (Å²) < 4.78 is 5.46. The Labute approximate surface area is 158 Å². The average molecular weight is 372 g/mol. The summed E-state index contributed by atoms with van der Waals surface area (Å²) in [5.41, 5.74) is 4.49. The first kappa shape index (κ1) is 18.6. The first-order valence-corrected chi connectivity index (χ1v) is 9.92. The molecule has 1 aromatic heterocycles. The van der Waals surface area contributed by atoms with Gasteiger partial charge in [-0.05, 0) is 62.6 Å². The Kier molecular flexibility index (Phi) is 5.47. The van der Waals surface area contributed by atoms with Crippen molar-refractivity contribution in [1.29, 1.82) is 0 Å². The summed E-state index contributed by atoms with van der Waals surface area (Å²) in [6, 6.07) is 5.83. The van der Waals surface area contributed by atoms with Crippen molar-refractivity contribution in [3.05, 3.63) is 50.7 Å². The lowest BCUT2D eigenvalue weighted by molar-refractivity contribution is -0.123. The quantitative estimate of drug-likeness (QED) is 0.795. The third-order valence-corrected chi connectivity index (χ3v) is 6.06. The predicted octanol–water partition coefficient (Wildman–Crippen LogP) is 4.67. The molecule has 4 nitrogen and oxygen atoms in total. The van der Waals surface area contributed by atoms with E-state index >= 15 is 0 Å². The molecule has 0 aliphatic heterocycles. The Morgan fingerprint density at radius 3 is 2.65 bits per heavy atom. The number of anilines is 1. The number of aryl methyl sites for hydroxylation is 2. The van der Waals surface area contributed by atoms with Crippen LogP contribution in [0.2, 0.25) is 0 Å². The molecule has 138 valence electrons. The molecule has 0 fully saturated rings. The molecule has 1 aromatic carbocycles. The van der Waals surface area contributed by atoms with Crippen molar-refractivity contribution >= 4 is 28.9 Å². The van der Waals surface area contributed by atoms with E-state index in [4.69, 9.17) is 4.74 Å². The Morgan fingerprint density at radius 2 is 1.96 bits per heavy atom. The van der Waals surface area contributed by atoms with E-state index in [9.17, 15) is 9.59 Å². The fraction of sp³-hybridized carbons (Fsp3) is 0.429. The molecule has 0 saturated carbocycles. The largest absolute Gasteiger partial charge is 0.449 e. The van der Waals surface area contributed by atoms with Crippen LogP contribution in [0.5, 0.6) is 0 Å². The van der Waals surface area contributed by atoms with Gasteiger partial charge in [-0.3, -0.25) is 4.79 Å². The van der Waals surface area contributed by atoms with E-state index in [2.05, 4.69) is 12.2 Å². The summed E-state index contributed by atoms with van der Waals surface area (Å²) in [5, 5.41) is 4.76. The molecule has 3 rings (SSSR count). The third-order valence-electron chi connectivity index (χ3n) is 5.00. The number of carbonyl (C=O) groups is 2. The maximum atomic E-state index is 12.6. The van der Waals surface area contributed by atoms with Crippen LogP contribution < -0.4 is 5.32 Å². The molecule has 1 amide bonds. The lowest BCUT2D eigenvalue weighted by Gasteiger charge is -2.19. The van der Waals surface area contributed by atoms with Gasteiger partial charge in [0.2, 0.25) is 0 Å². The Balaban J connectivity index is 1.67. The van der Waals surface area contributed by atoms with Gasteiger partial charge in [0.1, 0.15) is 0 Å². The number of hydrogen-bond donors (Lipinski definition) is 1. The lowest BCUT2D eigenvalue weighted by atomic mass is 9.88. The van der Waals surface area contributed by atoms with Crippen LogP contribution >= 0.6 is 11.3 Å². The molecule has 1 N–H and O–H groups in total. The molecule has 0 radical (unpaired) electrons. The molecule has 1 aliphatic rings. The first-order chi connectivity index (χ1) is 12.4. The van der Waals surface area contributed by atoms with E-state index < -0.39 is 12.1 Å². The Morgan fingerprint density at radius 1 is 1.27 bits per heavy atom. The van der Waals surface area contributed by atoms with Gasteiger partial charge in [-0.25, -0.2) is 4.79 Å². The van der Waals surface area contributed by atoms with Crippen LogP contribution in [0.3, 0.4) is 0 Å². The van der Waals surface area contributed by atoms with Gasteiger partial charge in [-0.1, -0.05) is 25.1 Å². The van der Waals surface area contributed by atoms with Gasteiger partial charge in [0.25, 0.3) is 5.91 Å². The number of nitrogens with one attached hydrogen (secondary N) is 1. The molecule has 2 atom stereocenters. The van der Waals surface area contributed by atoms with Gasteiger partial charge >= 0.3 is 5.97 Å². The van der Waals surface area contributed by atoms with Crippen molar-refractivity contribution in [2.75, 3.05) is 5.32 Å². The van der Waals surface area contributed by atoms with Gasteiger partial charge in [0, 0.05) is 15.9 Å². The van der Waals surface area contributed by atoms with Crippen molar-refractivity contribution in [3.63, 3.8) is 0 Å². The van der Waals surface area contributed by atoms with Crippen molar-refractivity contribution in [2.45, 2.75) is 53.1 Å². The lowest BCUT2D eigenvalue weighted by Crippen LogP contribution is -2.30. The molecule has 2 aromatic rings. The number of ether oxygens (including phenoxy) is 1. The van der Waals surface area contributed by atoms with E-state index in [-0.39, 0.29) is 5.91 Å². The summed E-state index contributed by atoms with van der Waals surface area (Å²) in [6.45, 7) is 7.73.